The van der Waals surface area contributed by atoms with Crippen LogP contribution in [0.4, 0.5) is 4.79 Å². The zero-order valence-electron chi connectivity index (χ0n) is 17.6. The first-order valence-electron chi connectivity index (χ1n) is 10.5. The first kappa shape index (κ1) is 22.0. The zero-order chi connectivity index (χ0) is 19.6. The number of rotatable bonds is 6. The number of aliphatic imine (C=N–C) groups is 1. The van der Waals surface area contributed by atoms with Gasteiger partial charge in [-0.25, -0.2) is 4.79 Å². The van der Waals surface area contributed by atoms with Gasteiger partial charge in [-0.2, -0.15) is 0 Å². The summed E-state index contributed by atoms with van der Waals surface area (Å²) in [5.74, 6) is 1.99. The van der Waals surface area contributed by atoms with E-state index in [9.17, 15) is 4.79 Å². The summed E-state index contributed by atoms with van der Waals surface area (Å²) in [5, 5.41) is 0. The van der Waals surface area contributed by atoms with Gasteiger partial charge in [0, 0.05) is 31.6 Å². The van der Waals surface area contributed by atoms with Crippen LogP contribution >= 0.6 is 0 Å². The highest BCUT2D eigenvalue weighted by Crippen LogP contribution is 2.25. The van der Waals surface area contributed by atoms with E-state index in [-0.39, 0.29) is 6.09 Å². The summed E-state index contributed by atoms with van der Waals surface area (Å²) in [6.07, 6.45) is 5.29. The second kappa shape index (κ2) is 11.5. The Labute approximate surface area is 164 Å². The zero-order valence-corrected chi connectivity index (χ0v) is 17.6. The molecule has 0 aromatic rings. The monoisotopic (exact) mass is 382 g/mol. The van der Waals surface area contributed by atoms with E-state index < -0.39 is 0 Å². The number of likely N-dealkylation sites (tertiary alicyclic amines) is 2. The standard InChI is InChI=1S/C20H38N4O3/c1-5-27-20(25)24-11-6-7-18(10-14-24)23-12-8-17(9-13-23)19(22-26-4)21-15-16(2)3/h16-18H,5-15H2,1-4H3,(H,21,22). The Morgan fingerprint density at radius 1 is 1.15 bits per heavy atom. The highest BCUT2D eigenvalue weighted by Gasteiger charge is 2.30. The van der Waals surface area contributed by atoms with Crippen LogP contribution in [0.1, 0.15) is 52.9 Å². The average Bonchev–Trinajstić information content (AvgIpc) is 2.92. The number of nitrogens with zero attached hydrogens (tertiary/aromatic N) is 3. The average molecular weight is 383 g/mol. The molecule has 2 aliphatic heterocycles. The third-order valence-electron chi connectivity index (χ3n) is 5.49. The van der Waals surface area contributed by atoms with Crippen LogP contribution in [0, 0.1) is 11.8 Å². The Morgan fingerprint density at radius 2 is 1.89 bits per heavy atom. The van der Waals surface area contributed by atoms with Gasteiger partial charge in [-0.1, -0.05) is 13.8 Å². The van der Waals surface area contributed by atoms with Gasteiger partial charge in [0.25, 0.3) is 0 Å². The van der Waals surface area contributed by atoms with Crippen molar-refractivity contribution in [3.8, 4) is 0 Å². The van der Waals surface area contributed by atoms with Gasteiger partial charge in [-0.3, -0.25) is 15.3 Å². The molecule has 0 spiro atoms. The molecule has 0 aromatic heterocycles. The maximum atomic E-state index is 12.0. The molecule has 0 saturated carbocycles. The van der Waals surface area contributed by atoms with Crippen molar-refractivity contribution in [2.45, 2.75) is 58.9 Å². The van der Waals surface area contributed by atoms with Crippen molar-refractivity contribution in [2.75, 3.05) is 46.4 Å². The second-order valence-corrected chi connectivity index (χ2v) is 8.01. The van der Waals surface area contributed by atoms with Crippen LogP contribution in [-0.4, -0.2) is 74.2 Å². The predicted molar refractivity (Wildman–Crippen MR) is 108 cm³/mol. The minimum absolute atomic E-state index is 0.159. The van der Waals surface area contributed by atoms with Gasteiger partial charge < -0.3 is 14.5 Å². The van der Waals surface area contributed by atoms with Gasteiger partial charge in [0.05, 0.1) is 13.7 Å². The summed E-state index contributed by atoms with van der Waals surface area (Å²) >= 11 is 0. The highest BCUT2D eigenvalue weighted by molar-refractivity contribution is 5.83. The number of piperidine rings is 1. The van der Waals surface area contributed by atoms with Crippen LogP contribution < -0.4 is 5.48 Å². The number of nitrogens with one attached hydrogen (secondary N) is 1. The molecule has 0 bridgehead atoms. The van der Waals surface area contributed by atoms with Crippen LogP contribution in [0.2, 0.25) is 0 Å². The maximum absolute atomic E-state index is 12.0. The number of hydroxylamine groups is 1. The number of hydrogen-bond donors (Lipinski definition) is 1. The molecule has 0 radical (unpaired) electrons. The molecule has 7 nitrogen and oxygen atoms in total. The number of carbonyl (C=O) groups is 1. The predicted octanol–water partition coefficient (Wildman–Crippen LogP) is 2.91. The lowest BCUT2D eigenvalue weighted by Gasteiger charge is -2.37. The van der Waals surface area contributed by atoms with Crippen molar-refractivity contribution in [3.05, 3.63) is 0 Å². The van der Waals surface area contributed by atoms with Crippen molar-refractivity contribution in [2.24, 2.45) is 16.8 Å². The summed E-state index contributed by atoms with van der Waals surface area (Å²) in [5.41, 5.74) is 3.02. The lowest BCUT2D eigenvalue weighted by Crippen LogP contribution is -2.45. The van der Waals surface area contributed by atoms with Gasteiger partial charge in [0.15, 0.2) is 0 Å². The van der Waals surface area contributed by atoms with Gasteiger partial charge in [0.1, 0.15) is 5.84 Å². The van der Waals surface area contributed by atoms with E-state index in [1.807, 2.05) is 11.8 Å². The van der Waals surface area contributed by atoms with Crippen molar-refractivity contribution >= 4 is 11.9 Å². The molecular formula is C20H38N4O3. The van der Waals surface area contributed by atoms with E-state index in [1.54, 1.807) is 7.11 Å². The molecular weight excluding hydrogens is 344 g/mol. The normalized spacial score (nSPS) is 23.4. The Bertz CT molecular complexity index is 476. The van der Waals surface area contributed by atoms with Crippen molar-refractivity contribution < 1.29 is 14.4 Å². The van der Waals surface area contributed by atoms with Gasteiger partial charge in [-0.05, 0) is 58.0 Å². The third-order valence-corrected chi connectivity index (χ3v) is 5.49. The summed E-state index contributed by atoms with van der Waals surface area (Å²) in [7, 11) is 1.65. The molecule has 2 heterocycles. The minimum atomic E-state index is -0.159. The molecule has 1 unspecified atom stereocenters. The number of hydrogen-bond acceptors (Lipinski definition) is 5. The van der Waals surface area contributed by atoms with Gasteiger partial charge in [0.2, 0.25) is 0 Å². The van der Waals surface area contributed by atoms with Gasteiger partial charge >= 0.3 is 6.09 Å². The summed E-state index contributed by atoms with van der Waals surface area (Å²) in [6, 6.07) is 0.566. The van der Waals surface area contributed by atoms with Crippen molar-refractivity contribution in [1.29, 1.82) is 0 Å². The third kappa shape index (κ3) is 6.96. The van der Waals surface area contributed by atoms with E-state index in [1.165, 1.54) is 0 Å². The fourth-order valence-electron chi connectivity index (χ4n) is 4.01. The quantitative estimate of drug-likeness (QED) is 0.435. The number of amidine groups is 1. The fraction of sp³-hybridized carbons (Fsp3) is 0.900. The molecule has 156 valence electrons. The summed E-state index contributed by atoms with van der Waals surface area (Å²) < 4.78 is 5.16. The molecule has 0 aliphatic carbocycles. The van der Waals surface area contributed by atoms with E-state index >= 15 is 0 Å². The Hall–Kier alpha value is -1.34. The highest BCUT2D eigenvalue weighted by atomic mass is 16.6. The Kier molecular flexibility index (Phi) is 9.34. The Balaban J connectivity index is 1.84. The van der Waals surface area contributed by atoms with E-state index in [4.69, 9.17) is 14.6 Å². The largest absolute Gasteiger partial charge is 0.450 e. The molecule has 2 saturated heterocycles. The SMILES string of the molecule is CCOC(=O)N1CCCC(N2CCC(C(=NCC(C)C)NOC)CC2)CC1. The minimum Gasteiger partial charge on any atom is -0.450 e. The molecule has 0 aromatic carbocycles. The van der Waals surface area contributed by atoms with Crippen molar-refractivity contribution in [3.63, 3.8) is 0 Å². The number of ether oxygens (including phenoxy) is 1. The summed E-state index contributed by atoms with van der Waals surface area (Å²) in [6.45, 7) is 11.3. The first-order valence-corrected chi connectivity index (χ1v) is 10.5. The molecule has 1 atom stereocenters. The topological polar surface area (TPSA) is 66.4 Å². The van der Waals surface area contributed by atoms with Crippen LogP contribution in [-0.2, 0) is 9.57 Å². The van der Waals surface area contributed by atoms with E-state index in [2.05, 4.69) is 24.2 Å². The van der Waals surface area contributed by atoms with Crippen LogP contribution in [0.3, 0.4) is 0 Å². The molecule has 27 heavy (non-hydrogen) atoms. The molecule has 1 N–H and O–H groups in total. The lowest BCUT2D eigenvalue weighted by atomic mass is 9.93. The number of amides is 1. The van der Waals surface area contributed by atoms with Crippen LogP contribution in [0.25, 0.3) is 0 Å². The maximum Gasteiger partial charge on any atom is 0.409 e. The van der Waals surface area contributed by atoms with Crippen LogP contribution in [0.5, 0.6) is 0 Å². The lowest BCUT2D eigenvalue weighted by molar-refractivity contribution is 0.103. The number of carbonyl (C=O) groups excluding carboxylic acids is 1. The van der Waals surface area contributed by atoms with Gasteiger partial charge in [-0.15, -0.1) is 0 Å². The van der Waals surface area contributed by atoms with Crippen molar-refractivity contribution in [1.82, 2.24) is 15.3 Å². The molecule has 1 amide bonds. The van der Waals surface area contributed by atoms with Crippen LogP contribution in [0.15, 0.2) is 4.99 Å². The summed E-state index contributed by atoms with van der Waals surface area (Å²) in [4.78, 5) is 26.4. The molecule has 2 fully saturated rings. The Morgan fingerprint density at radius 3 is 2.52 bits per heavy atom. The molecule has 2 aliphatic rings. The second-order valence-electron chi connectivity index (χ2n) is 8.01. The molecule has 2 rings (SSSR count). The van der Waals surface area contributed by atoms with E-state index in [0.717, 1.165) is 70.7 Å². The molecule has 7 heteroatoms. The fourth-order valence-corrected chi connectivity index (χ4v) is 4.01. The smallest absolute Gasteiger partial charge is 0.409 e. The van der Waals surface area contributed by atoms with E-state index in [0.29, 0.717) is 24.5 Å². The first-order chi connectivity index (χ1) is 13.0.